The summed E-state index contributed by atoms with van der Waals surface area (Å²) < 4.78 is 5.74. The summed E-state index contributed by atoms with van der Waals surface area (Å²) in [5.41, 5.74) is 2.83. The Morgan fingerprint density at radius 2 is 1.46 bits per heavy atom. The summed E-state index contributed by atoms with van der Waals surface area (Å²) in [5.74, 6) is 0.848. The SMILES string of the molecule is CC(c1ccccc1)N(C)C(=O)c1ccc(COc2ccccc2)cc1. The first-order valence-corrected chi connectivity index (χ1v) is 8.74. The molecule has 0 aliphatic rings. The third-order valence-corrected chi connectivity index (χ3v) is 4.53. The molecule has 3 aromatic carbocycles. The number of hydrogen-bond donors (Lipinski definition) is 0. The van der Waals surface area contributed by atoms with Crippen LogP contribution in [0.4, 0.5) is 0 Å². The van der Waals surface area contributed by atoms with Gasteiger partial charge in [0.2, 0.25) is 0 Å². The first-order valence-electron chi connectivity index (χ1n) is 8.74. The lowest BCUT2D eigenvalue weighted by atomic mass is 10.1. The van der Waals surface area contributed by atoms with E-state index in [0.29, 0.717) is 12.2 Å². The number of benzene rings is 3. The van der Waals surface area contributed by atoms with Gasteiger partial charge in [0.25, 0.3) is 5.91 Å². The molecule has 0 radical (unpaired) electrons. The second kappa shape index (κ2) is 8.34. The molecule has 1 atom stereocenters. The van der Waals surface area contributed by atoms with Crippen molar-refractivity contribution in [1.29, 1.82) is 0 Å². The normalized spacial score (nSPS) is 11.6. The summed E-state index contributed by atoms with van der Waals surface area (Å²) in [6.45, 7) is 2.52. The zero-order valence-electron chi connectivity index (χ0n) is 15.1. The summed E-state index contributed by atoms with van der Waals surface area (Å²) in [7, 11) is 1.84. The van der Waals surface area contributed by atoms with Crippen LogP contribution in [0.3, 0.4) is 0 Å². The molecule has 0 heterocycles. The Bertz CT molecular complexity index is 829. The Hall–Kier alpha value is -3.07. The number of amides is 1. The fourth-order valence-electron chi connectivity index (χ4n) is 2.76. The van der Waals surface area contributed by atoms with E-state index in [1.54, 1.807) is 4.90 Å². The van der Waals surface area contributed by atoms with E-state index < -0.39 is 0 Å². The van der Waals surface area contributed by atoms with Gasteiger partial charge in [-0.2, -0.15) is 0 Å². The Labute approximate surface area is 154 Å². The molecular formula is C23H23NO2. The van der Waals surface area contributed by atoms with Crippen molar-refractivity contribution in [2.24, 2.45) is 0 Å². The molecule has 1 amide bonds. The lowest BCUT2D eigenvalue weighted by molar-refractivity contribution is 0.0742. The van der Waals surface area contributed by atoms with Gasteiger partial charge in [0, 0.05) is 12.6 Å². The maximum atomic E-state index is 12.7. The van der Waals surface area contributed by atoms with Gasteiger partial charge < -0.3 is 9.64 Å². The highest BCUT2D eigenvalue weighted by Crippen LogP contribution is 2.21. The molecule has 0 aromatic heterocycles. The monoisotopic (exact) mass is 345 g/mol. The van der Waals surface area contributed by atoms with Crippen molar-refractivity contribution >= 4 is 5.91 Å². The van der Waals surface area contributed by atoms with E-state index in [9.17, 15) is 4.79 Å². The van der Waals surface area contributed by atoms with Gasteiger partial charge >= 0.3 is 0 Å². The minimum Gasteiger partial charge on any atom is -0.489 e. The van der Waals surface area contributed by atoms with E-state index in [1.165, 1.54) is 0 Å². The summed E-state index contributed by atoms with van der Waals surface area (Å²) in [6.07, 6.45) is 0. The van der Waals surface area contributed by atoms with Crippen molar-refractivity contribution in [3.8, 4) is 5.75 Å². The van der Waals surface area contributed by atoms with Gasteiger partial charge in [-0.3, -0.25) is 4.79 Å². The van der Waals surface area contributed by atoms with E-state index in [1.807, 2.05) is 98.9 Å². The van der Waals surface area contributed by atoms with Crippen LogP contribution >= 0.6 is 0 Å². The van der Waals surface area contributed by atoms with E-state index in [2.05, 4.69) is 0 Å². The third kappa shape index (κ3) is 4.31. The minimum atomic E-state index is 0.0110. The summed E-state index contributed by atoms with van der Waals surface area (Å²) in [5, 5.41) is 0. The van der Waals surface area contributed by atoms with Crippen LogP contribution in [-0.4, -0.2) is 17.9 Å². The highest BCUT2D eigenvalue weighted by molar-refractivity contribution is 5.94. The van der Waals surface area contributed by atoms with E-state index in [4.69, 9.17) is 4.74 Å². The molecule has 132 valence electrons. The highest BCUT2D eigenvalue weighted by atomic mass is 16.5. The molecule has 0 aliphatic heterocycles. The van der Waals surface area contributed by atoms with Crippen LogP contribution in [0, 0.1) is 0 Å². The molecule has 3 aromatic rings. The molecule has 3 rings (SSSR count). The maximum absolute atomic E-state index is 12.7. The Balaban J connectivity index is 1.63. The molecule has 0 saturated carbocycles. The van der Waals surface area contributed by atoms with Gasteiger partial charge in [0.05, 0.1) is 6.04 Å². The van der Waals surface area contributed by atoms with Crippen LogP contribution in [-0.2, 0) is 6.61 Å². The summed E-state index contributed by atoms with van der Waals surface area (Å²) in [4.78, 5) is 14.5. The van der Waals surface area contributed by atoms with E-state index >= 15 is 0 Å². The van der Waals surface area contributed by atoms with Crippen molar-refractivity contribution in [3.63, 3.8) is 0 Å². The number of nitrogens with zero attached hydrogens (tertiary/aromatic N) is 1. The van der Waals surface area contributed by atoms with Crippen LogP contribution in [0.2, 0.25) is 0 Å². The summed E-state index contributed by atoms with van der Waals surface area (Å²) in [6, 6.07) is 27.4. The Morgan fingerprint density at radius 1 is 0.885 bits per heavy atom. The number of carbonyl (C=O) groups excluding carboxylic acids is 1. The topological polar surface area (TPSA) is 29.5 Å². The number of carbonyl (C=O) groups is 1. The Kier molecular flexibility index (Phi) is 5.69. The first kappa shape index (κ1) is 17.7. The molecule has 1 unspecified atom stereocenters. The number of rotatable bonds is 6. The predicted molar refractivity (Wildman–Crippen MR) is 104 cm³/mol. The van der Waals surface area contributed by atoms with Crippen LogP contribution in [0.25, 0.3) is 0 Å². The molecule has 3 heteroatoms. The van der Waals surface area contributed by atoms with Gasteiger partial charge in [-0.25, -0.2) is 0 Å². The van der Waals surface area contributed by atoms with Crippen molar-refractivity contribution in [2.75, 3.05) is 7.05 Å². The highest BCUT2D eigenvalue weighted by Gasteiger charge is 2.18. The largest absolute Gasteiger partial charge is 0.489 e. The predicted octanol–water partition coefficient (Wildman–Crippen LogP) is 5.10. The van der Waals surface area contributed by atoms with Crippen LogP contribution in [0.1, 0.15) is 34.5 Å². The second-order valence-corrected chi connectivity index (χ2v) is 6.30. The van der Waals surface area contributed by atoms with Crippen LogP contribution in [0.5, 0.6) is 5.75 Å². The molecule has 0 fully saturated rings. The van der Waals surface area contributed by atoms with Gasteiger partial charge in [0.1, 0.15) is 12.4 Å². The molecule has 0 bridgehead atoms. The molecule has 0 N–H and O–H groups in total. The van der Waals surface area contributed by atoms with Crippen molar-refractivity contribution < 1.29 is 9.53 Å². The molecule has 0 spiro atoms. The zero-order valence-corrected chi connectivity index (χ0v) is 15.1. The van der Waals surface area contributed by atoms with Gasteiger partial charge in [-0.1, -0.05) is 60.7 Å². The lowest BCUT2D eigenvalue weighted by Crippen LogP contribution is -2.29. The summed E-state index contributed by atoms with van der Waals surface area (Å²) >= 11 is 0. The van der Waals surface area contributed by atoms with Crippen molar-refractivity contribution in [3.05, 3.63) is 102 Å². The standard InChI is InChI=1S/C23H23NO2/c1-18(20-9-5-3-6-10-20)24(2)23(25)21-15-13-19(14-16-21)17-26-22-11-7-4-8-12-22/h3-16,18H,17H2,1-2H3. The molecule has 0 aliphatic carbocycles. The fraction of sp³-hybridized carbons (Fsp3) is 0.174. The lowest BCUT2D eigenvalue weighted by Gasteiger charge is -2.25. The van der Waals surface area contributed by atoms with Crippen molar-refractivity contribution in [1.82, 2.24) is 4.90 Å². The zero-order chi connectivity index (χ0) is 18.4. The van der Waals surface area contributed by atoms with Crippen LogP contribution in [0.15, 0.2) is 84.9 Å². The number of para-hydroxylation sites is 1. The maximum Gasteiger partial charge on any atom is 0.254 e. The molecule has 3 nitrogen and oxygen atoms in total. The van der Waals surface area contributed by atoms with Gasteiger partial charge in [0.15, 0.2) is 0 Å². The fourth-order valence-corrected chi connectivity index (χ4v) is 2.76. The number of ether oxygens (including phenoxy) is 1. The van der Waals surface area contributed by atoms with Gasteiger partial charge in [-0.05, 0) is 42.3 Å². The smallest absolute Gasteiger partial charge is 0.254 e. The average Bonchev–Trinajstić information content (AvgIpc) is 2.72. The Morgan fingerprint density at radius 3 is 2.08 bits per heavy atom. The average molecular weight is 345 g/mol. The quantitative estimate of drug-likeness (QED) is 0.622. The van der Waals surface area contributed by atoms with Crippen LogP contribution < -0.4 is 4.74 Å². The van der Waals surface area contributed by atoms with Crippen molar-refractivity contribution in [2.45, 2.75) is 19.6 Å². The first-order chi connectivity index (χ1) is 12.6. The molecular weight excluding hydrogens is 322 g/mol. The van der Waals surface area contributed by atoms with E-state index in [-0.39, 0.29) is 11.9 Å². The number of hydrogen-bond acceptors (Lipinski definition) is 2. The molecule has 26 heavy (non-hydrogen) atoms. The molecule has 0 saturated heterocycles. The second-order valence-electron chi connectivity index (χ2n) is 6.30. The third-order valence-electron chi connectivity index (χ3n) is 4.53. The van der Waals surface area contributed by atoms with E-state index in [0.717, 1.165) is 16.9 Å². The van der Waals surface area contributed by atoms with Gasteiger partial charge in [-0.15, -0.1) is 0 Å². The minimum absolute atomic E-state index is 0.0110.